The van der Waals surface area contributed by atoms with E-state index in [0.29, 0.717) is 0 Å². The molecule has 0 spiro atoms. The number of hydrogen-bond donors (Lipinski definition) is 1. The van der Waals surface area contributed by atoms with Crippen molar-refractivity contribution in [3.05, 3.63) is 58.8 Å². The molecule has 2 aromatic carbocycles. The molecule has 88 valence electrons. The molecule has 0 atom stereocenters. The van der Waals surface area contributed by atoms with E-state index in [2.05, 4.69) is 4.99 Å². The van der Waals surface area contributed by atoms with E-state index < -0.39 is 0 Å². The Balaban J connectivity index is 2.10. The van der Waals surface area contributed by atoms with Gasteiger partial charge in [-0.3, -0.25) is 4.99 Å². The lowest BCUT2D eigenvalue weighted by atomic mass is 10.1. The number of benzene rings is 2. The molecule has 3 heteroatoms. The van der Waals surface area contributed by atoms with Gasteiger partial charge in [0.05, 0.1) is 5.69 Å². The average molecular weight is 252 g/mol. The van der Waals surface area contributed by atoms with E-state index in [1.54, 1.807) is 11.3 Å². The largest absolute Gasteiger partial charge is 0.398 e. The summed E-state index contributed by atoms with van der Waals surface area (Å²) in [6.07, 6.45) is 1.89. The number of aliphatic imine (C=N–C) groups is 1. The molecule has 1 heterocycles. The summed E-state index contributed by atoms with van der Waals surface area (Å²) in [5, 5.41) is 4.19. The van der Waals surface area contributed by atoms with E-state index in [4.69, 9.17) is 5.73 Å². The van der Waals surface area contributed by atoms with Crippen LogP contribution in [0.2, 0.25) is 0 Å². The Morgan fingerprint density at radius 2 is 1.78 bits per heavy atom. The van der Waals surface area contributed by atoms with Gasteiger partial charge in [0, 0.05) is 27.6 Å². The third kappa shape index (κ3) is 2.00. The van der Waals surface area contributed by atoms with Gasteiger partial charge in [0.2, 0.25) is 0 Å². The van der Waals surface area contributed by atoms with Gasteiger partial charge in [0.1, 0.15) is 0 Å². The number of nitrogens with zero attached hydrogens (tertiary/aromatic N) is 1. The molecule has 18 heavy (non-hydrogen) atoms. The molecular formula is C15H12N2S. The van der Waals surface area contributed by atoms with Crippen LogP contribution >= 0.6 is 11.3 Å². The lowest BCUT2D eigenvalue weighted by molar-refractivity contribution is 1.58. The van der Waals surface area contributed by atoms with Gasteiger partial charge in [-0.1, -0.05) is 30.3 Å². The number of nitrogens with two attached hydrogens (primary N) is 1. The number of thiophene rings is 1. The molecule has 0 radical (unpaired) electrons. The monoisotopic (exact) mass is 252 g/mol. The minimum absolute atomic E-state index is 0.792. The van der Waals surface area contributed by atoms with Gasteiger partial charge in [0.15, 0.2) is 0 Å². The summed E-state index contributed by atoms with van der Waals surface area (Å²) in [4.78, 5) is 5.70. The molecule has 0 bridgehead atoms. The lowest BCUT2D eigenvalue weighted by Gasteiger charge is -2.04. The third-order valence-electron chi connectivity index (χ3n) is 2.81. The van der Waals surface area contributed by atoms with Crippen molar-refractivity contribution in [3.63, 3.8) is 0 Å². The fourth-order valence-electron chi connectivity index (χ4n) is 1.92. The summed E-state index contributed by atoms with van der Waals surface area (Å²) in [5.41, 5.74) is 7.71. The quantitative estimate of drug-likeness (QED) is 0.538. The molecule has 2 N–H and O–H groups in total. The normalized spacial score (nSPS) is 11.3. The van der Waals surface area contributed by atoms with E-state index in [1.165, 1.54) is 0 Å². The van der Waals surface area contributed by atoms with Crippen molar-refractivity contribution in [2.24, 2.45) is 4.99 Å². The van der Waals surface area contributed by atoms with E-state index in [9.17, 15) is 0 Å². The molecule has 3 aromatic rings. The van der Waals surface area contributed by atoms with Crippen LogP contribution in [0.4, 0.5) is 11.4 Å². The van der Waals surface area contributed by atoms with Crippen molar-refractivity contribution >= 4 is 39.7 Å². The molecule has 0 unspecified atom stereocenters. The van der Waals surface area contributed by atoms with Gasteiger partial charge in [0.25, 0.3) is 0 Å². The standard InChI is InChI=1S/C15H12N2S/c16-14-7-8-15(13-6-2-1-5-12(13)14)17-10-11-4-3-9-18-11/h1-10H,16H2/b17-10+. The molecule has 3 rings (SSSR count). The molecule has 1 aromatic heterocycles. The minimum Gasteiger partial charge on any atom is -0.398 e. The fourth-order valence-corrected chi connectivity index (χ4v) is 2.50. The summed E-state index contributed by atoms with van der Waals surface area (Å²) < 4.78 is 0. The Kier molecular flexibility index (Phi) is 2.82. The van der Waals surface area contributed by atoms with Crippen LogP contribution in [0.5, 0.6) is 0 Å². The predicted octanol–water partition coefficient (Wildman–Crippen LogP) is 4.23. The number of fused-ring (bicyclic) bond motifs is 1. The van der Waals surface area contributed by atoms with Gasteiger partial charge in [-0.25, -0.2) is 0 Å². The number of anilines is 1. The highest BCUT2D eigenvalue weighted by Gasteiger charge is 2.01. The Morgan fingerprint density at radius 1 is 0.944 bits per heavy atom. The lowest BCUT2D eigenvalue weighted by Crippen LogP contribution is -1.86. The van der Waals surface area contributed by atoms with Crippen LogP contribution in [0.25, 0.3) is 10.8 Å². The van der Waals surface area contributed by atoms with E-state index >= 15 is 0 Å². The highest BCUT2D eigenvalue weighted by molar-refractivity contribution is 7.11. The first-order chi connectivity index (χ1) is 8.84. The molecule has 0 saturated carbocycles. The minimum atomic E-state index is 0.792. The molecule has 0 aliphatic heterocycles. The van der Waals surface area contributed by atoms with Crippen LogP contribution in [0, 0.1) is 0 Å². The van der Waals surface area contributed by atoms with Gasteiger partial charge in [-0.05, 0) is 23.6 Å². The first-order valence-electron chi connectivity index (χ1n) is 5.69. The third-order valence-corrected chi connectivity index (χ3v) is 3.62. The Labute approximate surface area is 109 Å². The SMILES string of the molecule is Nc1ccc(/N=C/c2cccs2)c2ccccc12. The molecule has 0 saturated heterocycles. The smallest absolute Gasteiger partial charge is 0.0710 e. The van der Waals surface area contributed by atoms with Gasteiger partial charge >= 0.3 is 0 Å². The van der Waals surface area contributed by atoms with Gasteiger partial charge in [-0.15, -0.1) is 11.3 Å². The highest BCUT2D eigenvalue weighted by Crippen LogP contribution is 2.30. The van der Waals surface area contributed by atoms with Crippen molar-refractivity contribution in [3.8, 4) is 0 Å². The summed E-state index contributed by atoms with van der Waals surface area (Å²) in [5.74, 6) is 0. The average Bonchev–Trinajstić information content (AvgIpc) is 2.92. The zero-order chi connectivity index (χ0) is 12.4. The van der Waals surface area contributed by atoms with Crippen LogP contribution < -0.4 is 5.73 Å². The van der Waals surface area contributed by atoms with Crippen molar-refractivity contribution < 1.29 is 0 Å². The second-order valence-electron chi connectivity index (χ2n) is 3.99. The molecule has 2 nitrogen and oxygen atoms in total. The van der Waals surface area contributed by atoms with E-state index in [0.717, 1.165) is 27.0 Å². The summed E-state index contributed by atoms with van der Waals surface area (Å²) in [7, 11) is 0. The van der Waals surface area contributed by atoms with Crippen molar-refractivity contribution in [1.29, 1.82) is 0 Å². The first-order valence-corrected chi connectivity index (χ1v) is 6.57. The highest BCUT2D eigenvalue weighted by atomic mass is 32.1. The van der Waals surface area contributed by atoms with E-state index in [-0.39, 0.29) is 0 Å². The van der Waals surface area contributed by atoms with Crippen molar-refractivity contribution in [2.45, 2.75) is 0 Å². The summed E-state index contributed by atoms with van der Waals surface area (Å²) >= 11 is 1.68. The van der Waals surface area contributed by atoms with Crippen LogP contribution in [0.15, 0.2) is 58.9 Å². The number of nitrogen functional groups attached to an aromatic ring is 1. The first kappa shape index (κ1) is 11.0. The second-order valence-corrected chi connectivity index (χ2v) is 4.97. The molecule has 0 aliphatic rings. The molecular weight excluding hydrogens is 240 g/mol. The Hall–Kier alpha value is -2.13. The van der Waals surface area contributed by atoms with Crippen LogP contribution in [-0.4, -0.2) is 6.21 Å². The maximum atomic E-state index is 5.97. The number of rotatable bonds is 2. The van der Waals surface area contributed by atoms with Crippen LogP contribution in [-0.2, 0) is 0 Å². The molecule has 0 aliphatic carbocycles. The zero-order valence-electron chi connectivity index (χ0n) is 9.71. The second kappa shape index (κ2) is 4.63. The van der Waals surface area contributed by atoms with Crippen molar-refractivity contribution in [2.75, 3.05) is 5.73 Å². The number of hydrogen-bond acceptors (Lipinski definition) is 3. The fraction of sp³-hybridized carbons (Fsp3) is 0. The maximum absolute atomic E-state index is 5.97. The van der Waals surface area contributed by atoms with Crippen LogP contribution in [0.3, 0.4) is 0 Å². The Bertz CT molecular complexity index is 700. The topological polar surface area (TPSA) is 38.4 Å². The maximum Gasteiger partial charge on any atom is 0.0710 e. The predicted molar refractivity (Wildman–Crippen MR) is 79.9 cm³/mol. The molecule has 0 fully saturated rings. The van der Waals surface area contributed by atoms with E-state index in [1.807, 2.05) is 60.1 Å². The molecule has 0 amide bonds. The van der Waals surface area contributed by atoms with Crippen LogP contribution in [0.1, 0.15) is 4.88 Å². The zero-order valence-corrected chi connectivity index (χ0v) is 10.5. The van der Waals surface area contributed by atoms with Gasteiger partial charge < -0.3 is 5.73 Å². The Morgan fingerprint density at radius 3 is 2.56 bits per heavy atom. The summed E-state index contributed by atoms with van der Waals surface area (Å²) in [6.45, 7) is 0. The van der Waals surface area contributed by atoms with Crippen molar-refractivity contribution in [1.82, 2.24) is 0 Å². The van der Waals surface area contributed by atoms with Gasteiger partial charge in [-0.2, -0.15) is 0 Å². The summed E-state index contributed by atoms with van der Waals surface area (Å²) in [6, 6.07) is 16.0.